The Bertz CT molecular complexity index is 757. The van der Waals surface area contributed by atoms with E-state index in [0.717, 1.165) is 12.8 Å². The van der Waals surface area contributed by atoms with Crippen molar-refractivity contribution in [3.63, 3.8) is 0 Å². The monoisotopic (exact) mass is 554 g/mol. The minimum atomic E-state index is -3.28. The van der Waals surface area contributed by atoms with Gasteiger partial charge in [0.2, 0.25) is 10.0 Å². The molecule has 30 heavy (non-hydrogen) atoms. The number of nitrogens with one attached hydrogen (secondary N) is 3. The predicted octanol–water partition coefficient (Wildman–Crippen LogP) is 2.36. The third-order valence-corrected chi connectivity index (χ3v) is 6.08. The highest BCUT2D eigenvalue weighted by atomic mass is 127. The minimum absolute atomic E-state index is 0. The molecule has 1 fully saturated rings. The molecule has 0 aromatic heterocycles. The first-order valence-corrected chi connectivity index (χ1v) is 11.9. The highest BCUT2D eigenvalue weighted by Crippen LogP contribution is 2.27. The molecule has 10 heteroatoms. The largest absolute Gasteiger partial charge is 0.493 e. The summed E-state index contributed by atoms with van der Waals surface area (Å²) in [7, 11) is -1.67. The summed E-state index contributed by atoms with van der Waals surface area (Å²) in [5.41, 5.74) is 0. The molecule has 0 heterocycles. The van der Waals surface area contributed by atoms with E-state index >= 15 is 0 Å². The lowest BCUT2D eigenvalue weighted by Gasteiger charge is -2.25. The van der Waals surface area contributed by atoms with Gasteiger partial charge in [0, 0.05) is 19.6 Å². The van der Waals surface area contributed by atoms with Gasteiger partial charge in [-0.05, 0) is 44.7 Å². The first kappa shape index (κ1) is 26.8. The Morgan fingerprint density at radius 1 is 1.23 bits per heavy atom. The standard InChI is InChI=1S/C20H34N4O4S.HI/c1-4-21-20(22-12-13-29(25,26)24-15-17-8-7-9-17)23-14-16(2)28-19-11-6-5-10-18(19)27-3;/h5-6,10-11,16-17,24H,4,7-9,12-15H2,1-3H3,(H2,21,22,23);1H. The van der Waals surface area contributed by atoms with Gasteiger partial charge >= 0.3 is 0 Å². The summed E-state index contributed by atoms with van der Waals surface area (Å²) in [5, 5.41) is 6.20. The molecule has 8 nitrogen and oxygen atoms in total. The van der Waals surface area contributed by atoms with Crippen molar-refractivity contribution < 1.29 is 17.9 Å². The summed E-state index contributed by atoms with van der Waals surface area (Å²) < 4.78 is 38.1. The molecule has 1 atom stereocenters. The lowest BCUT2D eigenvalue weighted by molar-refractivity contribution is 0.219. The average molecular weight is 554 g/mol. The van der Waals surface area contributed by atoms with E-state index in [2.05, 4.69) is 20.3 Å². The molecule has 1 aromatic rings. The van der Waals surface area contributed by atoms with Crippen molar-refractivity contribution in [1.82, 2.24) is 15.4 Å². The number of hydrogen-bond acceptors (Lipinski definition) is 5. The Kier molecular flexibility index (Phi) is 12.4. The van der Waals surface area contributed by atoms with Crippen LogP contribution in [0.2, 0.25) is 0 Å². The van der Waals surface area contributed by atoms with E-state index in [-0.39, 0.29) is 42.4 Å². The number of nitrogens with zero attached hydrogens (tertiary/aromatic N) is 1. The van der Waals surface area contributed by atoms with Crippen molar-refractivity contribution in [2.45, 2.75) is 39.2 Å². The smallest absolute Gasteiger partial charge is 0.213 e. The maximum atomic E-state index is 12.1. The summed E-state index contributed by atoms with van der Waals surface area (Å²) >= 11 is 0. The molecule has 172 valence electrons. The Hall–Kier alpha value is -1.27. The van der Waals surface area contributed by atoms with E-state index in [1.165, 1.54) is 6.42 Å². The minimum Gasteiger partial charge on any atom is -0.493 e. The van der Waals surface area contributed by atoms with Crippen LogP contribution in [0.4, 0.5) is 0 Å². The molecular weight excluding hydrogens is 519 g/mol. The zero-order chi connectivity index (χ0) is 21.1. The van der Waals surface area contributed by atoms with Crippen LogP contribution in [0.15, 0.2) is 29.3 Å². The highest BCUT2D eigenvalue weighted by molar-refractivity contribution is 14.0. The van der Waals surface area contributed by atoms with Gasteiger partial charge in [-0.2, -0.15) is 0 Å². The summed E-state index contributed by atoms with van der Waals surface area (Å²) in [6, 6.07) is 7.47. The lowest BCUT2D eigenvalue weighted by atomic mass is 9.86. The van der Waals surface area contributed by atoms with E-state index < -0.39 is 10.0 Å². The van der Waals surface area contributed by atoms with Crippen LogP contribution >= 0.6 is 24.0 Å². The average Bonchev–Trinajstić information content (AvgIpc) is 2.65. The number of hydrogen-bond donors (Lipinski definition) is 3. The van der Waals surface area contributed by atoms with E-state index in [4.69, 9.17) is 9.47 Å². The van der Waals surface area contributed by atoms with Crippen LogP contribution < -0.4 is 24.8 Å². The van der Waals surface area contributed by atoms with E-state index in [1.54, 1.807) is 7.11 Å². The first-order valence-electron chi connectivity index (χ1n) is 10.2. The van der Waals surface area contributed by atoms with Gasteiger partial charge in [0.15, 0.2) is 17.5 Å². The number of sulfonamides is 1. The molecule has 0 aliphatic heterocycles. The van der Waals surface area contributed by atoms with Crippen LogP contribution in [-0.2, 0) is 10.0 Å². The van der Waals surface area contributed by atoms with E-state index in [1.807, 2.05) is 38.1 Å². The molecule has 2 rings (SSSR count). The molecule has 0 spiro atoms. The normalized spacial score (nSPS) is 15.5. The Morgan fingerprint density at radius 2 is 1.93 bits per heavy atom. The van der Waals surface area contributed by atoms with Crippen LogP contribution in [0.1, 0.15) is 33.1 Å². The molecule has 1 saturated carbocycles. The van der Waals surface area contributed by atoms with Crippen molar-refractivity contribution in [3.05, 3.63) is 24.3 Å². The second-order valence-corrected chi connectivity index (χ2v) is 9.12. The van der Waals surface area contributed by atoms with Crippen LogP contribution in [0.5, 0.6) is 11.5 Å². The maximum Gasteiger partial charge on any atom is 0.213 e. The van der Waals surface area contributed by atoms with Gasteiger partial charge in [-0.3, -0.25) is 0 Å². The molecule has 0 saturated heterocycles. The Morgan fingerprint density at radius 3 is 2.53 bits per heavy atom. The van der Waals surface area contributed by atoms with Crippen LogP contribution in [0.3, 0.4) is 0 Å². The third kappa shape index (κ3) is 9.69. The zero-order valence-corrected chi connectivity index (χ0v) is 21.2. The highest BCUT2D eigenvalue weighted by Gasteiger charge is 2.20. The molecule has 0 radical (unpaired) electrons. The van der Waals surface area contributed by atoms with Crippen molar-refractivity contribution in [2.24, 2.45) is 10.9 Å². The summed E-state index contributed by atoms with van der Waals surface area (Å²) in [5.74, 6) is 2.42. The maximum absolute atomic E-state index is 12.1. The van der Waals surface area contributed by atoms with Crippen molar-refractivity contribution in [1.29, 1.82) is 0 Å². The fourth-order valence-electron chi connectivity index (χ4n) is 2.85. The van der Waals surface area contributed by atoms with Gasteiger partial charge in [0.1, 0.15) is 6.10 Å². The summed E-state index contributed by atoms with van der Waals surface area (Å²) in [6.45, 7) is 5.82. The number of para-hydroxylation sites is 2. The van der Waals surface area contributed by atoms with Gasteiger partial charge in [0.25, 0.3) is 0 Å². The van der Waals surface area contributed by atoms with Crippen LogP contribution in [0.25, 0.3) is 0 Å². The second-order valence-electron chi connectivity index (χ2n) is 7.19. The fourth-order valence-corrected chi connectivity index (χ4v) is 3.85. The van der Waals surface area contributed by atoms with Crippen molar-refractivity contribution in [2.75, 3.05) is 39.0 Å². The summed E-state index contributed by atoms with van der Waals surface area (Å²) in [4.78, 5) is 4.49. The number of ether oxygens (including phenoxy) is 2. The van der Waals surface area contributed by atoms with Gasteiger partial charge in [-0.25, -0.2) is 18.1 Å². The molecule has 1 unspecified atom stereocenters. The molecule has 1 aliphatic carbocycles. The number of aliphatic imine (C=N–C) groups is 1. The second kappa shape index (κ2) is 13.9. The molecule has 3 N–H and O–H groups in total. The number of methoxy groups -OCH3 is 1. The quantitative estimate of drug-likeness (QED) is 0.209. The van der Waals surface area contributed by atoms with Crippen molar-refractivity contribution >= 4 is 40.0 Å². The van der Waals surface area contributed by atoms with E-state index in [9.17, 15) is 8.42 Å². The number of guanidine groups is 1. The van der Waals surface area contributed by atoms with Gasteiger partial charge in [0.05, 0.1) is 19.4 Å². The number of rotatable bonds is 12. The van der Waals surface area contributed by atoms with Crippen molar-refractivity contribution in [3.8, 4) is 11.5 Å². The Labute approximate surface area is 197 Å². The molecule has 0 amide bonds. The zero-order valence-electron chi connectivity index (χ0n) is 18.0. The van der Waals surface area contributed by atoms with Gasteiger partial charge in [-0.1, -0.05) is 18.6 Å². The first-order chi connectivity index (χ1) is 13.9. The SMILES string of the molecule is CCNC(=NCC(C)Oc1ccccc1OC)NCCS(=O)(=O)NCC1CCC1.I. The van der Waals surface area contributed by atoms with Crippen LogP contribution in [0, 0.1) is 5.92 Å². The third-order valence-electron chi connectivity index (χ3n) is 4.73. The molecule has 1 aromatic carbocycles. The van der Waals surface area contributed by atoms with Gasteiger partial charge in [-0.15, -0.1) is 24.0 Å². The Balaban J connectivity index is 0.00000450. The molecule has 0 bridgehead atoms. The fraction of sp³-hybridized carbons (Fsp3) is 0.650. The predicted molar refractivity (Wildman–Crippen MR) is 132 cm³/mol. The number of benzene rings is 1. The topological polar surface area (TPSA) is 101 Å². The van der Waals surface area contributed by atoms with E-state index in [0.29, 0.717) is 43.0 Å². The summed E-state index contributed by atoms with van der Waals surface area (Å²) in [6.07, 6.45) is 3.27. The lowest BCUT2D eigenvalue weighted by Crippen LogP contribution is -2.42. The number of halogens is 1. The van der Waals surface area contributed by atoms with Crippen LogP contribution in [-0.4, -0.2) is 59.5 Å². The van der Waals surface area contributed by atoms with Gasteiger partial charge < -0.3 is 20.1 Å². The molecule has 1 aliphatic rings. The molecular formula is C20H35IN4O4S.